The highest BCUT2D eigenvalue weighted by atomic mass is 32.1. The summed E-state index contributed by atoms with van der Waals surface area (Å²) >= 11 is 1.50. The van der Waals surface area contributed by atoms with E-state index in [1.54, 1.807) is 0 Å². The highest BCUT2D eigenvalue weighted by Crippen LogP contribution is 2.41. The fourth-order valence-electron chi connectivity index (χ4n) is 3.57. The Morgan fingerprint density at radius 1 is 1.35 bits per heavy atom. The zero-order valence-electron chi connectivity index (χ0n) is 15.3. The van der Waals surface area contributed by atoms with Crippen molar-refractivity contribution in [3.63, 3.8) is 0 Å². The van der Waals surface area contributed by atoms with Gasteiger partial charge < -0.3 is 10.2 Å². The van der Waals surface area contributed by atoms with Crippen LogP contribution in [0.2, 0.25) is 0 Å². The minimum atomic E-state index is -0.0256. The number of aryl methyl sites for hydroxylation is 1. The molecule has 1 atom stereocenters. The maximum atomic E-state index is 12.6. The topological polar surface area (TPSA) is 62.3 Å². The minimum absolute atomic E-state index is 0.0256. The van der Waals surface area contributed by atoms with Gasteiger partial charge in [0, 0.05) is 34.5 Å². The fraction of sp³-hybridized carbons (Fsp3) is 0.450. The average Bonchev–Trinajstić information content (AvgIpc) is 3.32. The predicted octanol–water partition coefficient (Wildman–Crippen LogP) is 4.15. The van der Waals surface area contributed by atoms with Crippen LogP contribution in [0.4, 0.5) is 10.8 Å². The number of hydrogen-bond donors (Lipinski definition) is 1. The normalized spacial score (nSPS) is 18.7. The lowest BCUT2D eigenvalue weighted by Gasteiger charge is -2.22. The lowest BCUT2D eigenvalue weighted by Crippen LogP contribution is -2.36. The highest BCUT2D eigenvalue weighted by molar-refractivity contribution is 7.16. The Labute approximate surface area is 157 Å². The first kappa shape index (κ1) is 17.2. The maximum absolute atomic E-state index is 12.6. The Morgan fingerprint density at radius 3 is 2.81 bits per heavy atom. The zero-order valence-corrected chi connectivity index (χ0v) is 16.2. The Morgan fingerprint density at radius 2 is 2.12 bits per heavy atom. The number of anilines is 2. The van der Waals surface area contributed by atoms with E-state index in [9.17, 15) is 9.59 Å². The molecule has 5 nitrogen and oxygen atoms in total. The van der Waals surface area contributed by atoms with Crippen LogP contribution in [0.5, 0.6) is 0 Å². The minimum Gasteiger partial charge on any atom is -0.309 e. The van der Waals surface area contributed by atoms with Gasteiger partial charge in [0.2, 0.25) is 11.8 Å². The van der Waals surface area contributed by atoms with E-state index >= 15 is 0 Å². The van der Waals surface area contributed by atoms with Crippen molar-refractivity contribution in [2.75, 3.05) is 10.2 Å². The van der Waals surface area contributed by atoms with Gasteiger partial charge in [0.15, 0.2) is 5.13 Å². The summed E-state index contributed by atoms with van der Waals surface area (Å²) in [6.45, 7) is 5.97. The summed E-state index contributed by atoms with van der Waals surface area (Å²) in [4.78, 5) is 31.9. The van der Waals surface area contributed by atoms with Crippen molar-refractivity contribution in [1.82, 2.24) is 4.98 Å². The number of nitrogens with zero attached hydrogens (tertiary/aromatic N) is 2. The van der Waals surface area contributed by atoms with Gasteiger partial charge in [-0.3, -0.25) is 9.59 Å². The molecule has 2 amide bonds. The molecule has 0 bridgehead atoms. The molecular formula is C20H23N3O2S. The molecule has 1 unspecified atom stereocenters. The van der Waals surface area contributed by atoms with Gasteiger partial charge in [-0.25, -0.2) is 4.98 Å². The Kier molecular flexibility index (Phi) is 4.31. The molecule has 1 aromatic heterocycles. The quantitative estimate of drug-likeness (QED) is 0.880. The smallest absolute Gasteiger partial charge is 0.230 e. The summed E-state index contributed by atoms with van der Waals surface area (Å²) in [5.74, 6) is 0.481. The fourth-order valence-corrected chi connectivity index (χ4v) is 4.42. The van der Waals surface area contributed by atoms with Crippen molar-refractivity contribution >= 4 is 34.0 Å². The number of amides is 2. The molecule has 0 spiro atoms. The second-order valence-electron chi connectivity index (χ2n) is 7.20. The van der Waals surface area contributed by atoms with Crippen molar-refractivity contribution in [1.29, 1.82) is 0 Å². The van der Waals surface area contributed by atoms with Crippen LogP contribution in [0.3, 0.4) is 0 Å². The predicted molar refractivity (Wildman–Crippen MR) is 105 cm³/mol. The molecule has 0 radical (unpaired) electrons. The van der Waals surface area contributed by atoms with E-state index in [0.717, 1.165) is 41.1 Å². The summed E-state index contributed by atoms with van der Waals surface area (Å²) < 4.78 is 0. The van der Waals surface area contributed by atoms with Gasteiger partial charge in [-0.05, 0) is 50.8 Å². The third-order valence-corrected chi connectivity index (χ3v) is 5.98. The van der Waals surface area contributed by atoms with E-state index in [0.29, 0.717) is 11.6 Å². The monoisotopic (exact) mass is 369 g/mol. The first-order chi connectivity index (χ1) is 12.5. The number of nitrogens with one attached hydrogen (secondary N) is 1. The van der Waals surface area contributed by atoms with Crippen molar-refractivity contribution in [3.8, 4) is 11.3 Å². The summed E-state index contributed by atoms with van der Waals surface area (Å²) in [6, 6.07) is 6.46. The van der Waals surface area contributed by atoms with Crippen LogP contribution in [0.15, 0.2) is 18.2 Å². The molecule has 1 N–H and O–H groups in total. The van der Waals surface area contributed by atoms with Gasteiger partial charge >= 0.3 is 0 Å². The highest BCUT2D eigenvalue weighted by Gasteiger charge is 2.39. The van der Waals surface area contributed by atoms with Crippen LogP contribution in [-0.4, -0.2) is 22.8 Å². The van der Waals surface area contributed by atoms with Crippen LogP contribution < -0.4 is 10.2 Å². The van der Waals surface area contributed by atoms with Gasteiger partial charge in [0.25, 0.3) is 0 Å². The number of hydrogen-bond acceptors (Lipinski definition) is 4. The summed E-state index contributed by atoms with van der Waals surface area (Å²) in [6.07, 6.45) is 3.37. The largest absolute Gasteiger partial charge is 0.309 e. The van der Waals surface area contributed by atoms with Crippen LogP contribution >= 0.6 is 11.3 Å². The van der Waals surface area contributed by atoms with Crippen LogP contribution in [0.1, 0.15) is 43.6 Å². The number of benzene rings is 1. The first-order valence-corrected chi connectivity index (χ1v) is 10.0. The lowest BCUT2D eigenvalue weighted by atomic mass is 10.0. The summed E-state index contributed by atoms with van der Waals surface area (Å²) in [5, 5.41) is 3.48. The van der Waals surface area contributed by atoms with E-state index in [-0.39, 0.29) is 23.8 Å². The summed E-state index contributed by atoms with van der Waals surface area (Å²) in [7, 11) is 0. The van der Waals surface area contributed by atoms with Gasteiger partial charge in [-0.2, -0.15) is 0 Å². The van der Waals surface area contributed by atoms with Crippen LogP contribution in [0, 0.1) is 12.8 Å². The number of fused-ring (bicyclic) bond motifs is 1. The number of carbonyl (C=O) groups is 2. The molecule has 26 heavy (non-hydrogen) atoms. The van der Waals surface area contributed by atoms with Gasteiger partial charge in [-0.15, -0.1) is 11.3 Å². The van der Waals surface area contributed by atoms with Crippen LogP contribution in [-0.2, 0) is 16.0 Å². The molecule has 1 aliphatic carbocycles. The molecule has 4 rings (SSSR count). The van der Waals surface area contributed by atoms with Crippen molar-refractivity contribution < 1.29 is 9.59 Å². The lowest BCUT2D eigenvalue weighted by molar-refractivity contribution is -0.120. The molecular weight excluding hydrogens is 346 g/mol. The number of carbonyl (C=O) groups excluding carboxylic acids is 2. The molecule has 136 valence electrons. The molecule has 1 saturated carbocycles. The number of aromatic nitrogens is 1. The van der Waals surface area contributed by atoms with E-state index in [2.05, 4.69) is 29.4 Å². The van der Waals surface area contributed by atoms with Gasteiger partial charge in [-0.1, -0.05) is 13.0 Å². The average molecular weight is 369 g/mol. The van der Waals surface area contributed by atoms with Crippen LogP contribution in [0.25, 0.3) is 11.3 Å². The summed E-state index contributed by atoms with van der Waals surface area (Å²) in [5.41, 5.74) is 4.20. The SMILES string of the molecule is CCC(=O)Nc1nc(-c2ccc3c(c2)CC(C)N3C(=O)C2CC2)c(C)s1. The van der Waals surface area contributed by atoms with E-state index in [1.165, 1.54) is 16.9 Å². The molecule has 6 heteroatoms. The first-order valence-electron chi connectivity index (χ1n) is 9.21. The molecule has 2 heterocycles. The molecule has 1 aromatic carbocycles. The molecule has 2 aliphatic rings. The Balaban J connectivity index is 1.63. The van der Waals surface area contributed by atoms with Gasteiger partial charge in [0.1, 0.15) is 0 Å². The molecule has 2 aromatic rings. The van der Waals surface area contributed by atoms with E-state index < -0.39 is 0 Å². The maximum Gasteiger partial charge on any atom is 0.230 e. The Bertz CT molecular complexity index is 885. The van der Waals surface area contributed by atoms with Crippen molar-refractivity contribution in [2.24, 2.45) is 5.92 Å². The third kappa shape index (κ3) is 3.03. The third-order valence-electron chi connectivity index (χ3n) is 5.10. The van der Waals surface area contributed by atoms with E-state index in [1.807, 2.05) is 24.8 Å². The molecule has 1 fully saturated rings. The standard InChI is InChI=1S/C20H23N3O2S/c1-4-17(24)21-20-22-18(12(3)26-20)14-7-8-16-15(10-14)9-11(2)23(16)19(25)13-5-6-13/h7-8,10-11,13H,4-6,9H2,1-3H3,(H,21,22,24). The zero-order chi connectivity index (χ0) is 18.4. The number of rotatable bonds is 4. The second-order valence-corrected chi connectivity index (χ2v) is 8.41. The molecule has 0 saturated heterocycles. The Hall–Kier alpha value is -2.21. The second kappa shape index (κ2) is 6.50. The van der Waals surface area contributed by atoms with Gasteiger partial charge in [0.05, 0.1) is 5.69 Å². The van der Waals surface area contributed by atoms with E-state index in [4.69, 9.17) is 0 Å². The molecule has 1 aliphatic heterocycles. The van der Waals surface area contributed by atoms with Crippen molar-refractivity contribution in [2.45, 2.75) is 52.5 Å². The number of thiazole rings is 1. The van der Waals surface area contributed by atoms with Crippen molar-refractivity contribution in [3.05, 3.63) is 28.6 Å².